The summed E-state index contributed by atoms with van der Waals surface area (Å²) in [7, 11) is 1.50. The number of amides is 2. The van der Waals surface area contributed by atoms with Gasteiger partial charge in [-0.05, 0) is 18.6 Å². The topological polar surface area (TPSA) is 79.5 Å². The number of aliphatic imine (C=N–C) groups is 1. The van der Waals surface area contributed by atoms with Crippen LogP contribution in [-0.2, 0) is 0 Å². The summed E-state index contributed by atoms with van der Waals surface area (Å²) in [6.07, 6.45) is 0. The first-order chi connectivity index (χ1) is 7.13. The summed E-state index contributed by atoms with van der Waals surface area (Å²) in [5.41, 5.74) is 7.08. The number of guanidine groups is 1. The molecule has 0 unspecified atom stereocenters. The van der Waals surface area contributed by atoms with Gasteiger partial charge in [0.15, 0.2) is 5.96 Å². The van der Waals surface area contributed by atoms with E-state index in [9.17, 15) is 4.79 Å². The molecule has 16 heavy (non-hydrogen) atoms. The maximum Gasteiger partial charge on any atom is 0.325 e. The van der Waals surface area contributed by atoms with Crippen molar-refractivity contribution in [2.75, 3.05) is 12.4 Å². The Kier molecular flexibility index (Phi) is 5.95. The number of rotatable bonds is 1. The summed E-state index contributed by atoms with van der Waals surface area (Å²) in [5, 5.41) is 5.05. The van der Waals surface area contributed by atoms with E-state index in [0.29, 0.717) is 0 Å². The van der Waals surface area contributed by atoms with Gasteiger partial charge in [-0.3, -0.25) is 10.3 Å². The van der Waals surface area contributed by atoms with Crippen LogP contribution >= 0.6 is 12.4 Å². The van der Waals surface area contributed by atoms with Crippen molar-refractivity contribution >= 4 is 30.1 Å². The molecule has 0 fully saturated rings. The number of aryl methyl sites for hydroxylation is 1. The maximum absolute atomic E-state index is 11.4. The molecular weight excluding hydrogens is 228 g/mol. The summed E-state index contributed by atoms with van der Waals surface area (Å²) in [5.74, 6) is 0.0843. The van der Waals surface area contributed by atoms with Crippen LogP contribution in [0.4, 0.5) is 10.5 Å². The molecule has 88 valence electrons. The molecule has 0 saturated carbocycles. The van der Waals surface area contributed by atoms with Gasteiger partial charge in [0.05, 0.1) is 0 Å². The normalized spacial score (nSPS) is 10.2. The van der Waals surface area contributed by atoms with E-state index in [1.165, 1.54) is 7.05 Å². The Morgan fingerprint density at radius 2 is 2.00 bits per heavy atom. The Bertz CT molecular complexity index is 392. The lowest BCUT2D eigenvalue weighted by Gasteiger charge is -2.08. The number of benzene rings is 1. The highest BCUT2D eigenvalue weighted by atomic mass is 35.5. The van der Waals surface area contributed by atoms with E-state index < -0.39 is 6.03 Å². The van der Waals surface area contributed by atoms with Crippen LogP contribution in [0.25, 0.3) is 0 Å². The van der Waals surface area contributed by atoms with Crippen molar-refractivity contribution in [2.45, 2.75) is 6.92 Å². The van der Waals surface area contributed by atoms with Gasteiger partial charge < -0.3 is 11.1 Å². The Morgan fingerprint density at radius 1 is 1.38 bits per heavy atom. The summed E-state index contributed by atoms with van der Waals surface area (Å²) in [4.78, 5) is 15.0. The first-order valence-corrected chi connectivity index (χ1v) is 4.49. The summed E-state index contributed by atoms with van der Waals surface area (Å²) < 4.78 is 0. The van der Waals surface area contributed by atoms with Crippen molar-refractivity contribution in [1.82, 2.24) is 5.32 Å². The van der Waals surface area contributed by atoms with Crippen molar-refractivity contribution in [3.05, 3.63) is 29.8 Å². The van der Waals surface area contributed by atoms with E-state index in [-0.39, 0.29) is 18.4 Å². The largest absolute Gasteiger partial charge is 0.370 e. The number of nitrogens with zero attached hydrogens (tertiary/aromatic N) is 1. The highest BCUT2D eigenvalue weighted by molar-refractivity contribution is 6.02. The first kappa shape index (κ1) is 14.2. The third-order valence-electron chi connectivity index (χ3n) is 1.88. The lowest BCUT2D eigenvalue weighted by molar-refractivity contribution is 0.256. The minimum Gasteiger partial charge on any atom is -0.370 e. The Labute approximate surface area is 101 Å². The molecular formula is C10H15ClN4O. The van der Waals surface area contributed by atoms with Gasteiger partial charge in [0.25, 0.3) is 0 Å². The van der Waals surface area contributed by atoms with Crippen molar-refractivity contribution in [3.63, 3.8) is 0 Å². The van der Waals surface area contributed by atoms with Crippen molar-refractivity contribution in [2.24, 2.45) is 10.7 Å². The molecule has 1 rings (SSSR count). The second-order valence-electron chi connectivity index (χ2n) is 3.00. The number of nitrogens with one attached hydrogen (secondary N) is 2. The minimum atomic E-state index is -0.396. The highest BCUT2D eigenvalue weighted by Crippen LogP contribution is 2.12. The Balaban J connectivity index is 0.00000225. The van der Waals surface area contributed by atoms with Crippen molar-refractivity contribution in [3.8, 4) is 0 Å². The zero-order valence-electron chi connectivity index (χ0n) is 9.15. The maximum atomic E-state index is 11.4. The number of carbonyl (C=O) groups excluding carboxylic acids is 1. The Hall–Kier alpha value is -1.75. The number of hydrogen-bond acceptors (Lipinski definition) is 2. The lowest BCUT2D eigenvalue weighted by Crippen LogP contribution is -2.39. The molecule has 5 nitrogen and oxygen atoms in total. The highest BCUT2D eigenvalue weighted by Gasteiger charge is 2.03. The molecule has 0 radical (unpaired) electrons. The van der Waals surface area contributed by atoms with Crippen LogP contribution in [0.1, 0.15) is 5.56 Å². The monoisotopic (exact) mass is 242 g/mol. The third kappa shape index (κ3) is 4.18. The lowest BCUT2D eigenvalue weighted by atomic mass is 10.2. The zero-order valence-corrected chi connectivity index (χ0v) is 9.97. The number of carbonyl (C=O) groups is 1. The standard InChI is InChI=1S/C10H14N4O.ClH/c1-7-5-3-4-6-8(7)13-10(15)14-9(11)12-2;/h3-6H,1-2H3,(H4,11,12,13,14,15);1H. The van der Waals surface area contributed by atoms with E-state index in [1.54, 1.807) is 0 Å². The predicted octanol–water partition coefficient (Wildman–Crippen LogP) is 1.48. The summed E-state index contributed by atoms with van der Waals surface area (Å²) in [6, 6.07) is 7.08. The van der Waals surface area contributed by atoms with Crippen LogP contribution < -0.4 is 16.4 Å². The number of anilines is 1. The average Bonchev–Trinajstić information content (AvgIpc) is 2.21. The molecule has 6 heteroatoms. The molecule has 0 aliphatic rings. The van der Waals surface area contributed by atoms with Gasteiger partial charge in [-0.2, -0.15) is 0 Å². The van der Waals surface area contributed by atoms with Gasteiger partial charge in [0.1, 0.15) is 0 Å². The molecule has 0 heterocycles. The van der Waals surface area contributed by atoms with Crippen LogP contribution in [0.15, 0.2) is 29.3 Å². The fourth-order valence-corrected chi connectivity index (χ4v) is 1.04. The van der Waals surface area contributed by atoms with Crippen LogP contribution in [0, 0.1) is 6.92 Å². The number of halogens is 1. The SMILES string of the molecule is CN=C(N)NC(=O)Nc1ccccc1C.Cl. The molecule has 1 aromatic rings. The van der Waals surface area contributed by atoms with Gasteiger partial charge >= 0.3 is 6.03 Å². The molecule has 0 spiro atoms. The molecule has 0 bridgehead atoms. The van der Waals surface area contributed by atoms with Gasteiger partial charge in [-0.1, -0.05) is 18.2 Å². The number of nitrogens with two attached hydrogens (primary N) is 1. The van der Waals surface area contributed by atoms with E-state index >= 15 is 0 Å². The Morgan fingerprint density at radius 3 is 2.56 bits per heavy atom. The van der Waals surface area contributed by atoms with Crippen LogP contribution in [-0.4, -0.2) is 19.0 Å². The molecule has 1 aromatic carbocycles. The van der Waals surface area contributed by atoms with Gasteiger partial charge in [-0.15, -0.1) is 12.4 Å². The third-order valence-corrected chi connectivity index (χ3v) is 1.88. The fourth-order valence-electron chi connectivity index (χ4n) is 1.04. The van der Waals surface area contributed by atoms with E-state index in [1.807, 2.05) is 31.2 Å². The smallest absolute Gasteiger partial charge is 0.325 e. The minimum absolute atomic E-state index is 0. The van der Waals surface area contributed by atoms with Crippen LogP contribution in [0.3, 0.4) is 0 Å². The second-order valence-corrected chi connectivity index (χ2v) is 3.00. The predicted molar refractivity (Wildman–Crippen MR) is 68.1 cm³/mol. The molecule has 0 aromatic heterocycles. The first-order valence-electron chi connectivity index (χ1n) is 4.49. The molecule has 0 saturated heterocycles. The fraction of sp³-hybridized carbons (Fsp3) is 0.200. The number of para-hydroxylation sites is 1. The number of hydrogen-bond donors (Lipinski definition) is 3. The molecule has 0 aliphatic heterocycles. The van der Waals surface area contributed by atoms with E-state index in [2.05, 4.69) is 15.6 Å². The molecule has 4 N–H and O–H groups in total. The van der Waals surface area contributed by atoms with E-state index in [0.717, 1.165) is 11.3 Å². The quantitative estimate of drug-likeness (QED) is 0.515. The van der Waals surface area contributed by atoms with Crippen molar-refractivity contribution < 1.29 is 4.79 Å². The van der Waals surface area contributed by atoms with Gasteiger partial charge in [0, 0.05) is 12.7 Å². The molecule has 2 amide bonds. The zero-order chi connectivity index (χ0) is 11.3. The number of urea groups is 1. The molecule has 0 aliphatic carbocycles. The average molecular weight is 243 g/mol. The van der Waals surface area contributed by atoms with Gasteiger partial charge in [-0.25, -0.2) is 4.79 Å². The summed E-state index contributed by atoms with van der Waals surface area (Å²) >= 11 is 0. The molecule has 0 atom stereocenters. The van der Waals surface area contributed by atoms with Crippen molar-refractivity contribution in [1.29, 1.82) is 0 Å². The van der Waals surface area contributed by atoms with E-state index in [4.69, 9.17) is 5.73 Å². The second kappa shape index (κ2) is 6.68. The summed E-state index contributed by atoms with van der Waals surface area (Å²) in [6.45, 7) is 1.91. The van der Waals surface area contributed by atoms with Crippen LogP contribution in [0.5, 0.6) is 0 Å². The van der Waals surface area contributed by atoms with Gasteiger partial charge in [0.2, 0.25) is 0 Å². The van der Waals surface area contributed by atoms with Crippen LogP contribution in [0.2, 0.25) is 0 Å².